The molecule has 0 radical (unpaired) electrons. The lowest BCUT2D eigenvalue weighted by Crippen LogP contribution is -2.52. The van der Waals surface area contributed by atoms with Gasteiger partial charge in [-0.2, -0.15) is 0 Å². The van der Waals surface area contributed by atoms with Crippen molar-refractivity contribution in [1.82, 2.24) is 5.32 Å². The van der Waals surface area contributed by atoms with E-state index in [1.807, 2.05) is 6.07 Å². The van der Waals surface area contributed by atoms with Crippen molar-refractivity contribution in [2.24, 2.45) is 0 Å². The highest BCUT2D eigenvalue weighted by Crippen LogP contribution is 2.42. The van der Waals surface area contributed by atoms with Gasteiger partial charge in [0, 0.05) is 11.3 Å². The van der Waals surface area contributed by atoms with Crippen LogP contribution in [-0.2, 0) is 5.54 Å². The summed E-state index contributed by atoms with van der Waals surface area (Å²) >= 11 is 0. The van der Waals surface area contributed by atoms with Crippen LogP contribution in [0.5, 0.6) is 0 Å². The Hall–Kier alpha value is -1.51. The summed E-state index contributed by atoms with van der Waals surface area (Å²) in [6.45, 7) is 2.10. The van der Waals surface area contributed by atoms with Gasteiger partial charge in [0.15, 0.2) is 0 Å². The molecule has 1 spiro atoms. The number of aryl methyl sites for hydroxylation is 1. The molecule has 0 saturated heterocycles. The van der Waals surface area contributed by atoms with Crippen LogP contribution in [0.2, 0.25) is 0 Å². The molecule has 3 nitrogen and oxygen atoms in total. The van der Waals surface area contributed by atoms with Crippen molar-refractivity contribution in [3.05, 3.63) is 29.3 Å². The molecule has 1 fully saturated rings. The van der Waals surface area contributed by atoms with Gasteiger partial charge < -0.3 is 10.6 Å². The molecule has 1 aliphatic carbocycles. The van der Waals surface area contributed by atoms with Crippen LogP contribution in [0, 0.1) is 6.92 Å². The zero-order valence-electron chi connectivity index (χ0n) is 10.2. The maximum atomic E-state index is 11.8. The first-order chi connectivity index (χ1) is 8.20. The number of rotatable bonds is 0. The number of amides is 2. The molecule has 17 heavy (non-hydrogen) atoms. The molecule has 0 unspecified atom stereocenters. The normalized spacial score (nSPS) is 21.6. The third-order valence-corrected chi connectivity index (χ3v) is 4.00. The van der Waals surface area contributed by atoms with E-state index in [0.29, 0.717) is 0 Å². The fraction of sp³-hybridized carbons (Fsp3) is 0.500. The first-order valence-electron chi connectivity index (χ1n) is 6.40. The molecule has 2 amide bonds. The van der Waals surface area contributed by atoms with Crippen molar-refractivity contribution in [1.29, 1.82) is 0 Å². The van der Waals surface area contributed by atoms with E-state index < -0.39 is 0 Å². The molecule has 2 aliphatic rings. The number of benzene rings is 1. The van der Waals surface area contributed by atoms with Crippen LogP contribution < -0.4 is 10.6 Å². The molecule has 90 valence electrons. The molecule has 0 bridgehead atoms. The van der Waals surface area contributed by atoms with E-state index in [4.69, 9.17) is 0 Å². The fourth-order valence-electron chi connectivity index (χ4n) is 3.15. The van der Waals surface area contributed by atoms with Crippen LogP contribution in [0.4, 0.5) is 10.5 Å². The van der Waals surface area contributed by atoms with E-state index in [-0.39, 0.29) is 11.6 Å². The zero-order chi connectivity index (χ0) is 11.9. The minimum absolute atomic E-state index is 0.0525. The number of anilines is 1. The SMILES string of the molecule is Cc1ccc2c(c1)C1(CCCCC1)NC(=O)N2. The standard InChI is InChI=1S/C14H18N2O/c1-10-5-6-12-11(9-10)14(16-13(17)15-12)7-3-2-4-8-14/h5-6,9H,2-4,7-8H2,1H3,(H2,15,16,17). The summed E-state index contributed by atoms with van der Waals surface area (Å²) in [6.07, 6.45) is 5.82. The van der Waals surface area contributed by atoms with E-state index in [0.717, 1.165) is 18.5 Å². The highest BCUT2D eigenvalue weighted by Gasteiger charge is 2.40. The van der Waals surface area contributed by atoms with Crippen molar-refractivity contribution in [3.63, 3.8) is 0 Å². The van der Waals surface area contributed by atoms with Crippen LogP contribution in [0.15, 0.2) is 18.2 Å². The minimum Gasteiger partial charge on any atom is -0.328 e. The van der Waals surface area contributed by atoms with Crippen LogP contribution in [0.3, 0.4) is 0 Å². The van der Waals surface area contributed by atoms with E-state index in [1.54, 1.807) is 0 Å². The smallest absolute Gasteiger partial charge is 0.319 e. The summed E-state index contributed by atoms with van der Waals surface area (Å²) in [6, 6.07) is 6.25. The van der Waals surface area contributed by atoms with E-state index >= 15 is 0 Å². The maximum Gasteiger partial charge on any atom is 0.319 e. The number of hydrogen-bond donors (Lipinski definition) is 2. The lowest BCUT2D eigenvalue weighted by molar-refractivity contribution is 0.208. The lowest BCUT2D eigenvalue weighted by Gasteiger charge is -2.42. The first kappa shape index (κ1) is 10.6. The molecule has 2 N–H and O–H groups in total. The third kappa shape index (κ3) is 1.70. The van der Waals surface area contributed by atoms with Gasteiger partial charge in [-0.05, 0) is 25.8 Å². The summed E-state index contributed by atoms with van der Waals surface area (Å²) in [5.74, 6) is 0. The summed E-state index contributed by atoms with van der Waals surface area (Å²) in [4.78, 5) is 11.8. The van der Waals surface area contributed by atoms with Gasteiger partial charge in [0.1, 0.15) is 0 Å². The van der Waals surface area contributed by atoms with Crippen LogP contribution in [0.25, 0.3) is 0 Å². The number of nitrogens with one attached hydrogen (secondary N) is 2. The van der Waals surface area contributed by atoms with Gasteiger partial charge in [0.25, 0.3) is 0 Å². The Balaban J connectivity index is 2.11. The molecule has 1 aliphatic heterocycles. The Morgan fingerprint density at radius 1 is 1.18 bits per heavy atom. The molecular formula is C14H18N2O. The van der Waals surface area contributed by atoms with Gasteiger partial charge >= 0.3 is 6.03 Å². The van der Waals surface area contributed by atoms with Crippen molar-refractivity contribution >= 4 is 11.7 Å². The molecule has 0 aromatic heterocycles. The Labute approximate surface area is 102 Å². The molecule has 1 aromatic rings. The quantitative estimate of drug-likeness (QED) is 0.705. The van der Waals surface area contributed by atoms with Gasteiger partial charge in [-0.15, -0.1) is 0 Å². The number of urea groups is 1. The molecule has 1 saturated carbocycles. The fourth-order valence-corrected chi connectivity index (χ4v) is 3.15. The predicted octanol–water partition coefficient (Wildman–Crippen LogP) is 3.29. The van der Waals surface area contributed by atoms with Gasteiger partial charge in [0.2, 0.25) is 0 Å². The summed E-state index contributed by atoms with van der Waals surface area (Å²) in [5.41, 5.74) is 3.41. The van der Waals surface area contributed by atoms with Crippen molar-refractivity contribution in [2.45, 2.75) is 44.6 Å². The van der Waals surface area contributed by atoms with E-state index in [9.17, 15) is 4.79 Å². The van der Waals surface area contributed by atoms with Crippen molar-refractivity contribution in [2.75, 3.05) is 5.32 Å². The third-order valence-electron chi connectivity index (χ3n) is 4.00. The van der Waals surface area contributed by atoms with Gasteiger partial charge in [0.05, 0.1) is 5.54 Å². The highest BCUT2D eigenvalue weighted by atomic mass is 16.2. The van der Waals surface area contributed by atoms with Crippen LogP contribution in [0.1, 0.15) is 43.2 Å². The molecule has 1 heterocycles. The Morgan fingerprint density at radius 3 is 2.71 bits per heavy atom. The monoisotopic (exact) mass is 230 g/mol. The predicted molar refractivity (Wildman–Crippen MR) is 68.1 cm³/mol. The average Bonchev–Trinajstić information content (AvgIpc) is 2.31. The van der Waals surface area contributed by atoms with Crippen LogP contribution in [-0.4, -0.2) is 6.03 Å². The second-order valence-electron chi connectivity index (χ2n) is 5.27. The maximum absolute atomic E-state index is 11.8. The first-order valence-corrected chi connectivity index (χ1v) is 6.40. The van der Waals surface area contributed by atoms with Gasteiger partial charge in [-0.1, -0.05) is 37.0 Å². The Morgan fingerprint density at radius 2 is 1.94 bits per heavy atom. The average molecular weight is 230 g/mol. The molecule has 3 rings (SSSR count). The van der Waals surface area contributed by atoms with Gasteiger partial charge in [-0.3, -0.25) is 0 Å². The number of carbonyl (C=O) groups is 1. The van der Waals surface area contributed by atoms with Gasteiger partial charge in [-0.25, -0.2) is 4.79 Å². The number of carbonyl (C=O) groups excluding carboxylic acids is 1. The summed E-state index contributed by atoms with van der Waals surface area (Å²) in [7, 11) is 0. The lowest BCUT2D eigenvalue weighted by atomic mass is 9.75. The Kier molecular flexibility index (Phi) is 2.35. The minimum atomic E-state index is -0.109. The van der Waals surface area contributed by atoms with E-state index in [2.05, 4.69) is 29.7 Å². The molecular weight excluding hydrogens is 212 g/mol. The topological polar surface area (TPSA) is 41.1 Å². The van der Waals surface area contributed by atoms with Crippen molar-refractivity contribution in [3.8, 4) is 0 Å². The number of hydrogen-bond acceptors (Lipinski definition) is 1. The summed E-state index contributed by atoms with van der Waals surface area (Å²) in [5, 5.41) is 6.07. The summed E-state index contributed by atoms with van der Waals surface area (Å²) < 4.78 is 0. The molecule has 3 heteroatoms. The zero-order valence-corrected chi connectivity index (χ0v) is 10.2. The highest BCUT2D eigenvalue weighted by molar-refractivity contribution is 5.93. The molecule has 0 atom stereocenters. The van der Waals surface area contributed by atoms with E-state index in [1.165, 1.54) is 30.4 Å². The Bertz CT molecular complexity index is 461. The van der Waals surface area contributed by atoms with Crippen LogP contribution >= 0.6 is 0 Å². The second kappa shape index (κ2) is 3.76. The molecule has 1 aromatic carbocycles. The largest absolute Gasteiger partial charge is 0.328 e. The second-order valence-corrected chi connectivity index (χ2v) is 5.27. The number of fused-ring (bicyclic) bond motifs is 2. The van der Waals surface area contributed by atoms with Crippen molar-refractivity contribution < 1.29 is 4.79 Å².